The van der Waals surface area contributed by atoms with Crippen LogP contribution in [-0.2, 0) is 17.3 Å². The summed E-state index contributed by atoms with van der Waals surface area (Å²) in [6.45, 7) is 0.354. The van der Waals surface area contributed by atoms with Crippen molar-refractivity contribution in [3.63, 3.8) is 0 Å². The highest BCUT2D eigenvalue weighted by atomic mass is 32.2. The Kier molecular flexibility index (Phi) is 3.61. The van der Waals surface area contributed by atoms with E-state index in [2.05, 4.69) is 15.2 Å². The second-order valence-electron chi connectivity index (χ2n) is 4.35. The predicted molar refractivity (Wildman–Crippen MR) is 73.4 cm³/mol. The largest absolute Gasteiger partial charge is 0.444 e. The van der Waals surface area contributed by atoms with Gasteiger partial charge in [0.15, 0.2) is 0 Å². The molecular formula is C13H11FN4O2S. The molecule has 2 aromatic heterocycles. The maximum absolute atomic E-state index is 12.9. The fraction of sp³-hybridized carbons (Fsp3) is 0.154. The molecule has 0 bridgehead atoms. The van der Waals surface area contributed by atoms with Gasteiger partial charge in [-0.15, -0.1) is 10.2 Å². The molecule has 3 rings (SSSR count). The van der Waals surface area contributed by atoms with Crippen molar-refractivity contribution in [1.29, 1.82) is 0 Å². The molecule has 1 atom stereocenters. The number of benzene rings is 1. The molecule has 8 heteroatoms. The van der Waals surface area contributed by atoms with Crippen molar-refractivity contribution in [2.24, 2.45) is 0 Å². The van der Waals surface area contributed by atoms with Gasteiger partial charge in [-0.3, -0.25) is 4.21 Å². The van der Waals surface area contributed by atoms with E-state index in [9.17, 15) is 8.60 Å². The summed E-state index contributed by atoms with van der Waals surface area (Å²) in [5.41, 5.74) is 1.33. The molecule has 1 aromatic carbocycles. The minimum Gasteiger partial charge on any atom is -0.444 e. The van der Waals surface area contributed by atoms with Crippen molar-refractivity contribution in [3.8, 4) is 11.5 Å². The normalized spacial score (nSPS) is 12.5. The molecule has 0 saturated carbocycles. The zero-order valence-electron chi connectivity index (χ0n) is 11.1. The monoisotopic (exact) mass is 306 g/mol. The topological polar surface area (TPSA) is 73.8 Å². The number of hydrogen-bond acceptors (Lipinski definition) is 5. The van der Waals surface area contributed by atoms with E-state index in [1.807, 2.05) is 0 Å². The Labute approximate surface area is 122 Å². The Bertz CT molecular complexity index is 782. The molecule has 0 N–H and O–H groups in total. The lowest BCUT2D eigenvalue weighted by Crippen LogP contribution is -2.05. The van der Waals surface area contributed by atoms with E-state index in [1.165, 1.54) is 31.0 Å². The molecule has 0 amide bonds. The number of oxazole rings is 1. The summed E-state index contributed by atoms with van der Waals surface area (Å²) in [6.07, 6.45) is 4.53. The van der Waals surface area contributed by atoms with E-state index < -0.39 is 10.8 Å². The predicted octanol–water partition coefficient (Wildman–Crippen LogP) is 1.86. The Morgan fingerprint density at radius 1 is 1.33 bits per heavy atom. The van der Waals surface area contributed by atoms with Crippen molar-refractivity contribution >= 4 is 10.8 Å². The van der Waals surface area contributed by atoms with Gasteiger partial charge in [-0.05, 0) is 24.3 Å². The molecule has 0 saturated heterocycles. The van der Waals surface area contributed by atoms with Gasteiger partial charge in [-0.25, -0.2) is 9.37 Å². The molecule has 2 heterocycles. The highest BCUT2D eigenvalue weighted by molar-refractivity contribution is 7.84. The van der Waals surface area contributed by atoms with Gasteiger partial charge >= 0.3 is 0 Å². The Balaban J connectivity index is 1.83. The highest BCUT2D eigenvalue weighted by Gasteiger charge is 2.12. The summed E-state index contributed by atoms with van der Waals surface area (Å²) in [5, 5.41) is 7.91. The molecule has 108 valence electrons. The first-order valence-corrected chi connectivity index (χ1v) is 7.61. The third-order valence-electron chi connectivity index (χ3n) is 2.81. The molecule has 0 aliphatic carbocycles. The molecule has 21 heavy (non-hydrogen) atoms. The SMILES string of the molecule is CS(=O)c1nncn1Cc1coc(-c2ccc(F)cc2)n1. The van der Waals surface area contributed by atoms with Gasteiger partial charge in [0.05, 0.1) is 23.0 Å². The Morgan fingerprint density at radius 2 is 2.10 bits per heavy atom. The van der Waals surface area contributed by atoms with E-state index in [-0.39, 0.29) is 5.82 Å². The number of aromatic nitrogens is 4. The van der Waals surface area contributed by atoms with Gasteiger partial charge in [0, 0.05) is 11.8 Å². The van der Waals surface area contributed by atoms with Gasteiger partial charge in [0.25, 0.3) is 0 Å². The second-order valence-corrected chi connectivity index (χ2v) is 5.62. The number of rotatable bonds is 4. The second kappa shape index (κ2) is 5.57. The van der Waals surface area contributed by atoms with Crippen LogP contribution in [0.5, 0.6) is 0 Å². The summed E-state index contributed by atoms with van der Waals surface area (Å²) >= 11 is 0. The molecular weight excluding hydrogens is 295 g/mol. The first-order chi connectivity index (χ1) is 10.1. The van der Waals surface area contributed by atoms with Crippen LogP contribution in [-0.4, -0.2) is 30.2 Å². The van der Waals surface area contributed by atoms with Crippen LogP contribution in [0, 0.1) is 5.82 Å². The lowest BCUT2D eigenvalue weighted by Gasteiger charge is -2.00. The average Bonchev–Trinajstić information content (AvgIpc) is 3.09. The van der Waals surface area contributed by atoms with Gasteiger partial charge in [-0.1, -0.05) is 0 Å². The third kappa shape index (κ3) is 2.89. The Hall–Kier alpha value is -2.35. The summed E-state index contributed by atoms with van der Waals surface area (Å²) < 4.78 is 31.4. The van der Waals surface area contributed by atoms with Crippen LogP contribution in [0.2, 0.25) is 0 Å². The van der Waals surface area contributed by atoms with Crippen molar-refractivity contribution in [3.05, 3.63) is 48.4 Å². The molecule has 6 nitrogen and oxygen atoms in total. The maximum Gasteiger partial charge on any atom is 0.226 e. The minimum atomic E-state index is -1.23. The first-order valence-electron chi connectivity index (χ1n) is 6.05. The third-order valence-corrected chi connectivity index (χ3v) is 3.64. The summed E-state index contributed by atoms with van der Waals surface area (Å²) in [7, 11) is -1.23. The van der Waals surface area contributed by atoms with Gasteiger partial charge in [-0.2, -0.15) is 0 Å². The van der Waals surface area contributed by atoms with Crippen molar-refractivity contribution in [2.45, 2.75) is 11.7 Å². The van der Waals surface area contributed by atoms with E-state index in [0.717, 1.165) is 0 Å². The van der Waals surface area contributed by atoms with Crippen molar-refractivity contribution < 1.29 is 13.0 Å². The highest BCUT2D eigenvalue weighted by Crippen LogP contribution is 2.19. The number of hydrogen-bond donors (Lipinski definition) is 0. The molecule has 0 fully saturated rings. The van der Waals surface area contributed by atoms with Crippen LogP contribution < -0.4 is 0 Å². The molecule has 0 aliphatic rings. The lowest BCUT2D eigenvalue weighted by atomic mass is 10.2. The zero-order chi connectivity index (χ0) is 14.8. The van der Waals surface area contributed by atoms with Crippen LogP contribution >= 0.6 is 0 Å². The van der Waals surface area contributed by atoms with Gasteiger partial charge in [0.1, 0.15) is 18.4 Å². The minimum absolute atomic E-state index is 0.315. The van der Waals surface area contributed by atoms with Gasteiger partial charge < -0.3 is 8.98 Å². The van der Waals surface area contributed by atoms with Crippen LogP contribution in [0.1, 0.15) is 5.69 Å². The van der Waals surface area contributed by atoms with E-state index in [4.69, 9.17) is 4.42 Å². The fourth-order valence-electron chi connectivity index (χ4n) is 1.85. The number of halogens is 1. The van der Waals surface area contributed by atoms with Crippen molar-refractivity contribution in [1.82, 2.24) is 19.7 Å². The molecule has 0 radical (unpaired) electrons. The molecule has 0 spiro atoms. The summed E-state index contributed by atoms with van der Waals surface area (Å²) in [6, 6.07) is 5.88. The quantitative estimate of drug-likeness (QED) is 0.735. The Morgan fingerprint density at radius 3 is 2.81 bits per heavy atom. The smallest absolute Gasteiger partial charge is 0.226 e. The summed E-state index contributed by atoms with van der Waals surface area (Å²) in [5.74, 6) is 0.0855. The first kappa shape index (κ1) is 13.6. The van der Waals surface area contributed by atoms with E-state index in [0.29, 0.717) is 28.8 Å². The molecule has 0 aliphatic heterocycles. The maximum atomic E-state index is 12.9. The molecule has 3 aromatic rings. The fourth-order valence-corrected chi connectivity index (χ4v) is 2.46. The zero-order valence-corrected chi connectivity index (χ0v) is 11.9. The number of nitrogens with zero attached hydrogens (tertiary/aromatic N) is 4. The lowest BCUT2D eigenvalue weighted by molar-refractivity contribution is 0.569. The van der Waals surface area contributed by atoms with Crippen molar-refractivity contribution in [2.75, 3.05) is 6.26 Å². The van der Waals surface area contributed by atoms with E-state index >= 15 is 0 Å². The van der Waals surface area contributed by atoms with Crippen LogP contribution in [0.25, 0.3) is 11.5 Å². The van der Waals surface area contributed by atoms with Crippen LogP contribution in [0.15, 0.2) is 46.4 Å². The standard InChI is InChI=1S/C13H11FN4O2S/c1-21(19)13-17-15-8-18(13)6-11-7-20-12(16-11)9-2-4-10(14)5-3-9/h2-5,7-8H,6H2,1H3. The average molecular weight is 306 g/mol. The van der Waals surface area contributed by atoms with Crippen LogP contribution in [0.3, 0.4) is 0 Å². The molecule has 1 unspecified atom stereocenters. The summed E-state index contributed by atoms with van der Waals surface area (Å²) in [4.78, 5) is 4.32. The van der Waals surface area contributed by atoms with Crippen LogP contribution in [0.4, 0.5) is 4.39 Å². The van der Waals surface area contributed by atoms with Gasteiger partial charge in [0.2, 0.25) is 11.0 Å². The van der Waals surface area contributed by atoms with E-state index in [1.54, 1.807) is 16.7 Å².